The minimum Gasteiger partial charge on any atom is -0.357 e. The summed E-state index contributed by atoms with van der Waals surface area (Å²) in [6.45, 7) is 3.37. The van der Waals surface area contributed by atoms with Gasteiger partial charge in [0.05, 0.1) is 24.5 Å². The fourth-order valence-corrected chi connectivity index (χ4v) is 3.92. The molecule has 0 aliphatic rings. The molecule has 0 amide bonds. The van der Waals surface area contributed by atoms with Crippen molar-refractivity contribution in [1.29, 1.82) is 0 Å². The van der Waals surface area contributed by atoms with Crippen molar-refractivity contribution >= 4 is 39.8 Å². The van der Waals surface area contributed by atoms with Crippen LogP contribution in [-0.2, 0) is 29.2 Å². The molecule has 1 aromatic carbocycles. The Morgan fingerprint density at radius 1 is 1.29 bits per heavy atom. The maximum Gasteiger partial charge on any atom is 0.191 e. The first-order valence-electron chi connectivity index (χ1n) is 9.71. The van der Waals surface area contributed by atoms with Crippen LogP contribution in [0.2, 0.25) is 0 Å². The van der Waals surface area contributed by atoms with E-state index in [2.05, 4.69) is 25.6 Å². The van der Waals surface area contributed by atoms with Crippen molar-refractivity contribution in [3.8, 4) is 0 Å². The van der Waals surface area contributed by atoms with Gasteiger partial charge in [0.15, 0.2) is 15.8 Å². The second kappa shape index (κ2) is 12.3. The van der Waals surface area contributed by atoms with E-state index in [1.807, 2.05) is 40.5 Å². The Hall–Kier alpha value is -1.73. The lowest BCUT2D eigenvalue weighted by atomic mass is 10.1. The SMILES string of the molecule is CCNC(=NCc1cc(F)ccc1CS(C)(=O)=O)NCC(c1cnn(C)c1)N(C)C.I. The molecule has 11 heteroatoms. The van der Waals surface area contributed by atoms with E-state index in [1.165, 1.54) is 18.2 Å². The Morgan fingerprint density at radius 3 is 2.55 bits per heavy atom. The molecule has 2 rings (SSSR count). The van der Waals surface area contributed by atoms with Crippen LogP contribution in [0.1, 0.15) is 29.7 Å². The van der Waals surface area contributed by atoms with Gasteiger partial charge in [-0.25, -0.2) is 17.8 Å². The molecule has 1 atom stereocenters. The molecule has 0 radical (unpaired) electrons. The number of halogens is 2. The highest BCUT2D eigenvalue weighted by Crippen LogP contribution is 2.17. The average molecular weight is 566 g/mol. The lowest BCUT2D eigenvalue weighted by Gasteiger charge is -2.24. The molecule has 2 N–H and O–H groups in total. The van der Waals surface area contributed by atoms with Gasteiger partial charge in [-0.1, -0.05) is 6.07 Å². The van der Waals surface area contributed by atoms with E-state index < -0.39 is 15.7 Å². The Kier molecular flexibility index (Phi) is 10.9. The summed E-state index contributed by atoms with van der Waals surface area (Å²) in [7, 11) is 2.63. The van der Waals surface area contributed by atoms with Gasteiger partial charge in [-0.3, -0.25) is 4.68 Å². The zero-order valence-electron chi connectivity index (χ0n) is 18.6. The molecular formula is C20H32FIN6O2S. The number of guanidine groups is 1. The molecule has 0 saturated heterocycles. The minimum atomic E-state index is -3.24. The van der Waals surface area contributed by atoms with Gasteiger partial charge in [0.1, 0.15) is 5.82 Å². The van der Waals surface area contributed by atoms with Crippen LogP contribution >= 0.6 is 24.0 Å². The maximum absolute atomic E-state index is 13.7. The third kappa shape index (κ3) is 9.11. The van der Waals surface area contributed by atoms with Crippen molar-refractivity contribution in [2.75, 3.05) is 33.4 Å². The van der Waals surface area contributed by atoms with Gasteiger partial charge in [0.25, 0.3) is 0 Å². The largest absolute Gasteiger partial charge is 0.357 e. The number of likely N-dealkylation sites (N-methyl/N-ethyl adjacent to an activating group) is 1. The van der Waals surface area contributed by atoms with Gasteiger partial charge in [0, 0.05) is 38.2 Å². The number of nitrogens with zero attached hydrogens (tertiary/aromatic N) is 4. The Morgan fingerprint density at radius 2 is 2.00 bits per heavy atom. The number of aromatic nitrogens is 2. The number of aryl methyl sites for hydroxylation is 1. The van der Waals surface area contributed by atoms with Crippen molar-refractivity contribution in [1.82, 2.24) is 25.3 Å². The molecule has 0 fully saturated rings. The van der Waals surface area contributed by atoms with Crippen molar-refractivity contribution in [2.45, 2.75) is 25.3 Å². The van der Waals surface area contributed by atoms with Gasteiger partial charge >= 0.3 is 0 Å². The zero-order chi connectivity index (χ0) is 22.3. The Balaban J connectivity index is 0.00000480. The van der Waals surface area contributed by atoms with Gasteiger partial charge < -0.3 is 15.5 Å². The highest BCUT2D eigenvalue weighted by molar-refractivity contribution is 14.0. The van der Waals surface area contributed by atoms with Crippen molar-refractivity contribution in [2.24, 2.45) is 12.0 Å². The van der Waals surface area contributed by atoms with Crippen LogP contribution in [0.15, 0.2) is 35.6 Å². The number of hydrogen-bond acceptors (Lipinski definition) is 5. The summed E-state index contributed by atoms with van der Waals surface area (Å²) in [6, 6.07) is 4.20. The normalized spacial score (nSPS) is 13.1. The van der Waals surface area contributed by atoms with Gasteiger partial charge in [-0.15, -0.1) is 24.0 Å². The van der Waals surface area contributed by atoms with E-state index in [0.717, 1.165) is 11.8 Å². The smallest absolute Gasteiger partial charge is 0.191 e. The van der Waals surface area contributed by atoms with Crippen LogP contribution in [0.25, 0.3) is 0 Å². The average Bonchev–Trinajstić information content (AvgIpc) is 3.06. The summed E-state index contributed by atoms with van der Waals surface area (Å²) in [5, 5.41) is 10.7. The summed E-state index contributed by atoms with van der Waals surface area (Å²) in [5.74, 6) is 0.00805. The number of nitrogens with one attached hydrogen (secondary N) is 2. The van der Waals surface area contributed by atoms with Crippen LogP contribution in [0.4, 0.5) is 4.39 Å². The van der Waals surface area contributed by atoms with Crippen LogP contribution in [-0.4, -0.2) is 62.5 Å². The molecule has 2 aromatic rings. The quantitative estimate of drug-likeness (QED) is 0.275. The second-order valence-electron chi connectivity index (χ2n) is 7.49. The molecule has 31 heavy (non-hydrogen) atoms. The lowest BCUT2D eigenvalue weighted by Crippen LogP contribution is -2.41. The molecule has 174 valence electrons. The van der Waals surface area contributed by atoms with E-state index in [1.54, 1.807) is 4.68 Å². The fourth-order valence-electron chi connectivity index (χ4n) is 3.08. The molecular weight excluding hydrogens is 534 g/mol. The summed E-state index contributed by atoms with van der Waals surface area (Å²) in [5.41, 5.74) is 2.18. The third-order valence-electron chi connectivity index (χ3n) is 4.53. The number of hydrogen-bond donors (Lipinski definition) is 2. The molecule has 1 unspecified atom stereocenters. The van der Waals surface area contributed by atoms with E-state index in [9.17, 15) is 12.8 Å². The third-order valence-corrected chi connectivity index (χ3v) is 5.37. The molecule has 0 aliphatic heterocycles. The first-order chi connectivity index (χ1) is 14.1. The van der Waals surface area contributed by atoms with Crippen molar-refractivity contribution in [3.05, 3.63) is 53.1 Å². The molecule has 1 heterocycles. The summed E-state index contributed by atoms with van der Waals surface area (Å²) < 4.78 is 38.9. The number of benzene rings is 1. The van der Waals surface area contributed by atoms with Crippen LogP contribution < -0.4 is 10.6 Å². The van der Waals surface area contributed by atoms with Crippen molar-refractivity contribution in [3.63, 3.8) is 0 Å². The minimum absolute atomic E-state index is 0. The van der Waals surface area contributed by atoms with Gasteiger partial charge in [0.2, 0.25) is 0 Å². The summed E-state index contributed by atoms with van der Waals surface area (Å²) in [6.07, 6.45) is 4.97. The molecule has 0 spiro atoms. The molecule has 0 aliphatic carbocycles. The second-order valence-corrected chi connectivity index (χ2v) is 9.63. The van der Waals surface area contributed by atoms with Crippen LogP contribution in [0, 0.1) is 5.82 Å². The highest BCUT2D eigenvalue weighted by Gasteiger charge is 2.16. The molecule has 8 nitrogen and oxygen atoms in total. The molecule has 0 bridgehead atoms. The van der Waals surface area contributed by atoms with Gasteiger partial charge in [-0.05, 0) is 44.3 Å². The standard InChI is InChI=1S/C20H31FN6O2S.HI/c1-6-22-20(24-12-19(26(2)3)17-11-25-27(4)13-17)23-10-16-9-18(21)8-7-15(16)14-30(5,28)29;/h7-9,11,13,19H,6,10,12,14H2,1-5H3,(H2,22,23,24);1H. The highest BCUT2D eigenvalue weighted by atomic mass is 127. The Labute approximate surface area is 201 Å². The lowest BCUT2D eigenvalue weighted by molar-refractivity contribution is 0.298. The predicted octanol–water partition coefficient (Wildman–Crippen LogP) is 2.08. The van der Waals surface area contributed by atoms with Gasteiger partial charge in [-0.2, -0.15) is 5.10 Å². The first kappa shape index (κ1) is 27.3. The number of rotatable bonds is 9. The fraction of sp³-hybridized carbons (Fsp3) is 0.500. The van der Waals surface area contributed by atoms with E-state index >= 15 is 0 Å². The van der Waals surface area contributed by atoms with E-state index in [4.69, 9.17) is 0 Å². The number of aliphatic imine (C=N–C) groups is 1. The summed E-state index contributed by atoms with van der Waals surface area (Å²) in [4.78, 5) is 6.63. The van der Waals surface area contributed by atoms with Crippen LogP contribution in [0.3, 0.4) is 0 Å². The Bertz CT molecular complexity index is 978. The van der Waals surface area contributed by atoms with Crippen molar-refractivity contribution < 1.29 is 12.8 Å². The summed E-state index contributed by atoms with van der Waals surface area (Å²) >= 11 is 0. The zero-order valence-corrected chi connectivity index (χ0v) is 21.7. The predicted molar refractivity (Wildman–Crippen MR) is 133 cm³/mol. The first-order valence-corrected chi connectivity index (χ1v) is 11.8. The number of sulfone groups is 1. The molecule has 0 saturated carbocycles. The van der Waals surface area contributed by atoms with E-state index in [0.29, 0.717) is 30.2 Å². The monoisotopic (exact) mass is 566 g/mol. The topological polar surface area (TPSA) is 91.6 Å². The molecule has 1 aromatic heterocycles. The maximum atomic E-state index is 13.7. The van der Waals surface area contributed by atoms with Crippen LogP contribution in [0.5, 0.6) is 0 Å². The van der Waals surface area contributed by atoms with E-state index in [-0.39, 0.29) is 42.3 Å².